The van der Waals surface area contributed by atoms with Crippen molar-refractivity contribution in [3.63, 3.8) is 0 Å². The fourth-order valence-electron chi connectivity index (χ4n) is 2.83. The Labute approximate surface area is 117 Å². The Morgan fingerprint density at radius 1 is 1.37 bits per heavy atom. The van der Waals surface area contributed by atoms with Gasteiger partial charge in [-0.15, -0.1) is 0 Å². The number of hydrogen-bond acceptors (Lipinski definition) is 4. The van der Waals surface area contributed by atoms with Crippen LogP contribution in [0.25, 0.3) is 0 Å². The summed E-state index contributed by atoms with van der Waals surface area (Å²) in [7, 11) is 1.44. The predicted octanol–water partition coefficient (Wildman–Crippen LogP) is 2.51. The SMILES string of the molecule is CCNC(C)(CCCOCC1CCCC1)C(=O)OC. The van der Waals surface area contributed by atoms with E-state index < -0.39 is 5.54 Å². The molecule has 1 aliphatic rings. The molecule has 0 saturated heterocycles. The van der Waals surface area contributed by atoms with Crippen LogP contribution in [-0.2, 0) is 14.3 Å². The van der Waals surface area contributed by atoms with Crippen molar-refractivity contribution in [3.8, 4) is 0 Å². The summed E-state index contributed by atoms with van der Waals surface area (Å²) < 4.78 is 10.6. The highest BCUT2D eigenvalue weighted by atomic mass is 16.5. The number of hydrogen-bond donors (Lipinski definition) is 1. The lowest BCUT2D eigenvalue weighted by atomic mass is 9.96. The maximum absolute atomic E-state index is 11.8. The molecule has 0 aromatic heterocycles. The van der Waals surface area contributed by atoms with Crippen molar-refractivity contribution in [2.24, 2.45) is 5.92 Å². The van der Waals surface area contributed by atoms with Crippen LogP contribution in [0.15, 0.2) is 0 Å². The molecule has 1 rings (SSSR count). The average molecular weight is 271 g/mol. The Kier molecular flexibility index (Phi) is 7.39. The number of ether oxygens (including phenoxy) is 2. The van der Waals surface area contributed by atoms with Crippen LogP contribution >= 0.6 is 0 Å². The highest BCUT2D eigenvalue weighted by molar-refractivity contribution is 5.80. The zero-order chi connectivity index (χ0) is 14.1. The lowest BCUT2D eigenvalue weighted by Gasteiger charge is -2.27. The molecule has 0 bridgehead atoms. The first kappa shape index (κ1) is 16.4. The number of methoxy groups -OCH3 is 1. The number of nitrogens with one attached hydrogen (secondary N) is 1. The quantitative estimate of drug-likeness (QED) is 0.517. The molecule has 1 saturated carbocycles. The van der Waals surface area contributed by atoms with Gasteiger partial charge < -0.3 is 14.8 Å². The molecule has 0 heterocycles. The maximum Gasteiger partial charge on any atom is 0.325 e. The Morgan fingerprint density at radius 2 is 2.05 bits per heavy atom. The Balaban J connectivity index is 2.18. The van der Waals surface area contributed by atoms with Crippen molar-refractivity contribution in [1.29, 1.82) is 0 Å². The highest BCUT2D eigenvalue weighted by Crippen LogP contribution is 2.24. The maximum atomic E-state index is 11.8. The standard InChI is InChI=1S/C15H29NO3/c1-4-16-15(2,14(17)18-3)10-7-11-19-12-13-8-5-6-9-13/h13,16H,4-12H2,1-3H3. The van der Waals surface area contributed by atoms with Crippen molar-refractivity contribution in [3.05, 3.63) is 0 Å². The van der Waals surface area contributed by atoms with E-state index in [9.17, 15) is 4.79 Å². The van der Waals surface area contributed by atoms with Gasteiger partial charge in [-0.25, -0.2) is 0 Å². The predicted molar refractivity (Wildman–Crippen MR) is 76.1 cm³/mol. The molecule has 0 amide bonds. The lowest BCUT2D eigenvalue weighted by Crippen LogP contribution is -2.50. The van der Waals surface area contributed by atoms with Crippen molar-refractivity contribution in [2.75, 3.05) is 26.9 Å². The van der Waals surface area contributed by atoms with E-state index in [-0.39, 0.29) is 5.97 Å². The van der Waals surface area contributed by atoms with Crippen molar-refractivity contribution < 1.29 is 14.3 Å². The van der Waals surface area contributed by atoms with Crippen LogP contribution in [0, 0.1) is 5.92 Å². The van der Waals surface area contributed by atoms with Crippen LogP contribution in [0.2, 0.25) is 0 Å². The van der Waals surface area contributed by atoms with E-state index in [1.54, 1.807) is 0 Å². The van der Waals surface area contributed by atoms with Gasteiger partial charge in [0.25, 0.3) is 0 Å². The second-order valence-electron chi connectivity index (χ2n) is 5.68. The van der Waals surface area contributed by atoms with Gasteiger partial charge in [0.15, 0.2) is 0 Å². The number of likely N-dealkylation sites (N-methyl/N-ethyl adjacent to an activating group) is 1. The van der Waals surface area contributed by atoms with E-state index in [1.807, 2.05) is 13.8 Å². The third-order valence-corrected chi connectivity index (χ3v) is 4.00. The van der Waals surface area contributed by atoms with Gasteiger partial charge in [-0.3, -0.25) is 4.79 Å². The largest absolute Gasteiger partial charge is 0.468 e. The Hall–Kier alpha value is -0.610. The van der Waals surface area contributed by atoms with E-state index in [0.717, 1.165) is 38.5 Å². The third kappa shape index (κ3) is 5.49. The highest BCUT2D eigenvalue weighted by Gasteiger charge is 2.32. The minimum Gasteiger partial charge on any atom is -0.468 e. The van der Waals surface area contributed by atoms with Gasteiger partial charge in [-0.2, -0.15) is 0 Å². The second-order valence-corrected chi connectivity index (χ2v) is 5.68. The molecule has 0 aliphatic heterocycles. The fourth-order valence-corrected chi connectivity index (χ4v) is 2.83. The number of carbonyl (C=O) groups is 1. The van der Waals surface area contributed by atoms with Crippen LogP contribution in [-0.4, -0.2) is 38.4 Å². The summed E-state index contributed by atoms with van der Waals surface area (Å²) in [6.45, 7) is 6.27. The lowest BCUT2D eigenvalue weighted by molar-refractivity contribution is -0.148. The van der Waals surface area contributed by atoms with Crippen LogP contribution in [0.1, 0.15) is 52.4 Å². The van der Waals surface area contributed by atoms with E-state index >= 15 is 0 Å². The monoisotopic (exact) mass is 271 g/mol. The molecule has 1 unspecified atom stereocenters. The van der Waals surface area contributed by atoms with E-state index in [2.05, 4.69) is 5.32 Å². The van der Waals surface area contributed by atoms with Gasteiger partial charge in [-0.05, 0) is 45.1 Å². The molecule has 0 aromatic rings. The van der Waals surface area contributed by atoms with Crippen LogP contribution in [0.4, 0.5) is 0 Å². The van der Waals surface area contributed by atoms with Crippen LogP contribution in [0.5, 0.6) is 0 Å². The Morgan fingerprint density at radius 3 is 2.63 bits per heavy atom. The zero-order valence-corrected chi connectivity index (χ0v) is 12.7. The van der Waals surface area contributed by atoms with E-state index in [4.69, 9.17) is 9.47 Å². The molecule has 1 atom stereocenters. The van der Waals surface area contributed by atoms with E-state index in [0.29, 0.717) is 0 Å². The molecule has 4 nitrogen and oxygen atoms in total. The molecule has 4 heteroatoms. The van der Waals surface area contributed by atoms with Crippen molar-refractivity contribution in [1.82, 2.24) is 5.32 Å². The first-order valence-electron chi connectivity index (χ1n) is 7.53. The summed E-state index contributed by atoms with van der Waals surface area (Å²) in [5.41, 5.74) is -0.583. The van der Waals surface area contributed by atoms with Gasteiger partial charge >= 0.3 is 5.97 Å². The smallest absolute Gasteiger partial charge is 0.325 e. The number of rotatable bonds is 9. The van der Waals surface area contributed by atoms with Gasteiger partial charge in [0.2, 0.25) is 0 Å². The minimum atomic E-state index is -0.583. The van der Waals surface area contributed by atoms with Crippen molar-refractivity contribution >= 4 is 5.97 Å². The number of carbonyl (C=O) groups excluding carboxylic acids is 1. The summed E-state index contributed by atoms with van der Waals surface area (Å²) in [6, 6.07) is 0. The van der Waals surface area contributed by atoms with E-state index in [1.165, 1.54) is 32.8 Å². The molecule has 112 valence electrons. The van der Waals surface area contributed by atoms with Gasteiger partial charge in [0.05, 0.1) is 7.11 Å². The molecular weight excluding hydrogens is 242 g/mol. The molecular formula is C15H29NO3. The summed E-state index contributed by atoms with van der Waals surface area (Å²) in [5.74, 6) is 0.575. The molecule has 0 spiro atoms. The molecule has 0 radical (unpaired) electrons. The first-order valence-corrected chi connectivity index (χ1v) is 7.53. The summed E-state index contributed by atoms with van der Waals surface area (Å²) >= 11 is 0. The first-order chi connectivity index (χ1) is 9.12. The van der Waals surface area contributed by atoms with Crippen LogP contribution < -0.4 is 5.32 Å². The third-order valence-electron chi connectivity index (χ3n) is 4.00. The summed E-state index contributed by atoms with van der Waals surface area (Å²) in [6.07, 6.45) is 6.97. The second kappa shape index (κ2) is 8.54. The molecule has 1 aliphatic carbocycles. The number of esters is 1. The zero-order valence-electron chi connectivity index (χ0n) is 12.7. The Bertz CT molecular complexity index is 264. The topological polar surface area (TPSA) is 47.6 Å². The minimum absolute atomic E-state index is 0.190. The fraction of sp³-hybridized carbons (Fsp3) is 0.933. The van der Waals surface area contributed by atoms with Gasteiger partial charge in [0.1, 0.15) is 5.54 Å². The van der Waals surface area contributed by atoms with Crippen molar-refractivity contribution in [2.45, 2.75) is 57.9 Å². The summed E-state index contributed by atoms with van der Waals surface area (Å²) in [4.78, 5) is 11.8. The average Bonchev–Trinajstić information content (AvgIpc) is 2.91. The van der Waals surface area contributed by atoms with Gasteiger partial charge in [0, 0.05) is 13.2 Å². The molecule has 1 N–H and O–H groups in total. The normalized spacial score (nSPS) is 19.3. The molecule has 1 fully saturated rings. The summed E-state index contributed by atoms with van der Waals surface area (Å²) in [5, 5.41) is 3.21. The van der Waals surface area contributed by atoms with Crippen LogP contribution in [0.3, 0.4) is 0 Å². The van der Waals surface area contributed by atoms with Gasteiger partial charge in [-0.1, -0.05) is 19.8 Å². The molecule has 0 aromatic carbocycles. The molecule has 19 heavy (non-hydrogen) atoms.